The molecule has 1 aromatic carbocycles. The molecular formula is C26H38N4O. The monoisotopic (exact) mass is 422 g/mol. The highest BCUT2D eigenvalue weighted by Crippen LogP contribution is 2.32. The first-order valence-electron chi connectivity index (χ1n) is 12.0. The van der Waals surface area contributed by atoms with E-state index in [0.717, 1.165) is 56.1 Å². The van der Waals surface area contributed by atoms with Crippen LogP contribution in [0.3, 0.4) is 0 Å². The van der Waals surface area contributed by atoms with Gasteiger partial charge in [0.2, 0.25) is 0 Å². The van der Waals surface area contributed by atoms with Crippen LogP contribution < -0.4 is 5.32 Å². The molecule has 0 unspecified atom stereocenters. The second-order valence-electron chi connectivity index (χ2n) is 9.49. The van der Waals surface area contributed by atoms with Crippen LogP contribution in [0.15, 0.2) is 30.3 Å². The fraction of sp³-hybridized carbons (Fsp3) is 0.577. The third-order valence-electron chi connectivity index (χ3n) is 7.19. The Morgan fingerprint density at radius 1 is 1.00 bits per heavy atom. The average Bonchev–Trinajstić information content (AvgIpc) is 3.09. The van der Waals surface area contributed by atoms with Crippen LogP contribution in [0.1, 0.15) is 65.5 Å². The van der Waals surface area contributed by atoms with Crippen molar-refractivity contribution >= 4 is 11.6 Å². The van der Waals surface area contributed by atoms with Crippen molar-refractivity contribution in [2.75, 3.05) is 45.1 Å². The Bertz CT molecular complexity index is 872. The van der Waals surface area contributed by atoms with E-state index < -0.39 is 0 Å². The predicted octanol–water partition coefficient (Wildman–Crippen LogP) is 4.65. The number of aryl methyl sites for hydroxylation is 1. The molecule has 5 nitrogen and oxygen atoms in total. The lowest BCUT2D eigenvalue weighted by Crippen LogP contribution is -2.45. The Morgan fingerprint density at radius 3 is 2.35 bits per heavy atom. The van der Waals surface area contributed by atoms with Gasteiger partial charge in [0.05, 0.1) is 5.56 Å². The molecule has 1 saturated heterocycles. The van der Waals surface area contributed by atoms with E-state index in [0.29, 0.717) is 6.04 Å². The average molecular weight is 423 g/mol. The topological polar surface area (TPSA) is 40.5 Å². The van der Waals surface area contributed by atoms with Crippen LogP contribution in [0.2, 0.25) is 0 Å². The molecule has 0 radical (unpaired) electrons. The van der Waals surface area contributed by atoms with Crippen molar-refractivity contribution in [2.24, 2.45) is 0 Å². The van der Waals surface area contributed by atoms with E-state index in [9.17, 15) is 4.79 Å². The standard InChI is InChI=1S/C26H38N4O/c1-20-19-25(21(2)30(20)24-7-5-4-6-8-24)26(31)27-23-11-9-22(10-12-23)13-14-29-17-15-28(3)16-18-29/h9-12,19,24H,4-8,13-18H2,1-3H3,(H,27,31). The van der Waals surface area contributed by atoms with Crippen molar-refractivity contribution in [3.63, 3.8) is 0 Å². The van der Waals surface area contributed by atoms with Gasteiger partial charge >= 0.3 is 0 Å². The fourth-order valence-corrected chi connectivity index (χ4v) is 5.22. The van der Waals surface area contributed by atoms with Gasteiger partial charge in [0.15, 0.2) is 0 Å². The number of hydrogen-bond acceptors (Lipinski definition) is 3. The van der Waals surface area contributed by atoms with Gasteiger partial charge in [-0.25, -0.2) is 0 Å². The van der Waals surface area contributed by atoms with Crippen molar-refractivity contribution in [1.82, 2.24) is 14.4 Å². The van der Waals surface area contributed by atoms with Crippen molar-refractivity contribution in [3.8, 4) is 0 Å². The Kier molecular flexibility index (Phi) is 7.13. The lowest BCUT2D eigenvalue weighted by atomic mass is 9.95. The minimum atomic E-state index is 0.000320. The summed E-state index contributed by atoms with van der Waals surface area (Å²) in [7, 11) is 2.19. The molecule has 1 aromatic heterocycles. The van der Waals surface area contributed by atoms with E-state index in [-0.39, 0.29) is 5.91 Å². The molecule has 2 heterocycles. The fourth-order valence-electron chi connectivity index (χ4n) is 5.22. The van der Waals surface area contributed by atoms with Gasteiger partial charge in [-0.05, 0) is 63.9 Å². The number of piperazine rings is 1. The van der Waals surface area contributed by atoms with Gasteiger partial charge in [0.1, 0.15) is 0 Å². The minimum absolute atomic E-state index is 0.000320. The van der Waals surface area contributed by atoms with Crippen molar-refractivity contribution in [3.05, 3.63) is 52.8 Å². The van der Waals surface area contributed by atoms with Gasteiger partial charge in [0, 0.05) is 55.8 Å². The Hall–Kier alpha value is -2.11. The lowest BCUT2D eigenvalue weighted by Gasteiger charge is -2.32. The molecule has 2 aromatic rings. The molecule has 0 spiro atoms. The summed E-state index contributed by atoms with van der Waals surface area (Å²) in [6.07, 6.45) is 7.45. The van der Waals surface area contributed by atoms with Crippen LogP contribution in [-0.4, -0.2) is 60.0 Å². The number of hydrogen-bond donors (Lipinski definition) is 1. The summed E-state index contributed by atoms with van der Waals surface area (Å²) in [5.74, 6) is 0.000320. The second kappa shape index (κ2) is 10.0. The number of nitrogens with one attached hydrogen (secondary N) is 1. The SMILES string of the molecule is Cc1cc(C(=O)Nc2ccc(CCN3CCN(C)CC3)cc2)c(C)n1C1CCCCC1. The van der Waals surface area contributed by atoms with E-state index in [1.807, 2.05) is 12.1 Å². The number of likely N-dealkylation sites (N-methyl/N-ethyl adjacent to an activating group) is 1. The molecule has 5 heteroatoms. The normalized spacial score (nSPS) is 18.9. The maximum atomic E-state index is 13.0. The van der Waals surface area contributed by atoms with E-state index in [2.05, 4.69) is 58.8 Å². The van der Waals surface area contributed by atoms with Crippen molar-refractivity contribution < 1.29 is 4.79 Å². The Labute approximate surface area is 187 Å². The van der Waals surface area contributed by atoms with Gasteiger partial charge in [-0.3, -0.25) is 4.79 Å². The molecule has 1 aliphatic carbocycles. The number of carbonyl (C=O) groups excluding carboxylic acids is 1. The molecule has 1 saturated carbocycles. The third-order valence-corrected chi connectivity index (χ3v) is 7.19. The highest BCUT2D eigenvalue weighted by Gasteiger charge is 2.22. The molecule has 2 aliphatic rings. The first-order chi connectivity index (χ1) is 15.0. The van der Waals surface area contributed by atoms with Crippen molar-refractivity contribution in [1.29, 1.82) is 0 Å². The number of carbonyl (C=O) groups is 1. The molecule has 4 rings (SSSR count). The number of rotatable bonds is 6. The zero-order chi connectivity index (χ0) is 21.8. The van der Waals surface area contributed by atoms with Crippen LogP contribution >= 0.6 is 0 Å². The van der Waals surface area contributed by atoms with E-state index in [1.165, 1.54) is 43.4 Å². The number of amides is 1. The van der Waals surface area contributed by atoms with E-state index in [1.54, 1.807) is 0 Å². The van der Waals surface area contributed by atoms with Gasteiger partial charge in [-0.15, -0.1) is 0 Å². The van der Waals surface area contributed by atoms with Crippen LogP contribution in [0.5, 0.6) is 0 Å². The maximum Gasteiger partial charge on any atom is 0.257 e. The maximum absolute atomic E-state index is 13.0. The molecule has 2 fully saturated rings. The van der Waals surface area contributed by atoms with Crippen molar-refractivity contribution in [2.45, 2.75) is 58.4 Å². The minimum Gasteiger partial charge on any atom is -0.345 e. The van der Waals surface area contributed by atoms with Crippen LogP contribution in [0.25, 0.3) is 0 Å². The van der Waals surface area contributed by atoms with E-state index >= 15 is 0 Å². The van der Waals surface area contributed by atoms with Gasteiger partial charge in [-0.2, -0.15) is 0 Å². The molecule has 1 N–H and O–H groups in total. The summed E-state index contributed by atoms with van der Waals surface area (Å²) in [4.78, 5) is 17.9. The van der Waals surface area contributed by atoms with Crippen LogP contribution in [-0.2, 0) is 6.42 Å². The largest absolute Gasteiger partial charge is 0.345 e. The molecule has 168 valence electrons. The lowest BCUT2D eigenvalue weighted by molar-refractivity contribution is 0.102. The number of anilines is 1. The molecule has 31 heavy (non-hydrogen) atoms. The molecule has 0 bridgehead atoms. The summed E-state index contributed by atoms with van der Waals surface area (Å²) in [5.41, 5.74) is 5.31. The Morgan fingerprint density at radius 2 is 1.68 bits per heavy atom. The quantitative estimate of drug-likeness (QED) is 0.736. The molecule has 1 aliphatic heterocycles. The van der Waals surface area contributed by atoms with Gasteiger partial charge in [0.25, 0.3) is 5.91 Å². The zero-order valence-electron chi connectivity index (χ0n) is 19.5. The van der Waals surface area contributed by atoms with Crippen LogP contribution in [0.4, 0.5) is 5.69 Å². The number of benzene rings is 1. The second-order valence-corrected chi connectivity index (χ2v) is 9.49. The number of nitrogens with zero attached hydrogens (tertiary/aromatic N) is 3. The molecular weight excluding hydrogens is 384 g/mol. The Balaban J connectivity index is 1.34. The first kappa shape index (κ1) is 22.1. The first-order valence-corrected chi connectivity index (χ1v) is 12.0. The summed E-state index contributed by atoms with van der Waals surface area (Å²) >= 11 is 0. The van der Waals surface area contributed by atoms with Crippen LogP contribution in [0, 0.1) is 13.8 Å². The van der Waals surface area contributed by atoms with Gasteiger partial charge in [-0.1, -0.05) is 31.4 Å². The summed E-state index contributed by atoms with van der Waals surface area (Å²) in [6.45, 7) is 9.96. The zero-order valence-corrected chi connectivity index (χ0v) is 19.5. The summed E-state index contributed by atoms with van der Waals surface area (Å²) in [6, 6.07) is 11.0. The summed E-state index contributed by atoms with van der Waals surface area (Å²) < 4.78 is 2.40. The summed E-state index contributed by atoms with van der Waals surface area (Å²) in [5, 5.41) is 3.11. The van der Waals surface area contributed by atoms with Gasteiger partial charge < -0.3 is 19.7 Å². The molecule has 1 amide bonds. The third kappa shape index (κ3) is 5.39. The van der Waals surface area contributed by atoms with E-state index in [4.69, 9.17) is 0 Å². The highest BCUT2D eigenvalue weighted by molar-refractivity contribution is 6.05. The smallest absolute Gasteiger partial charge is 0.257 e. The highest BCUT2D eigenvalue weighted by atomic mass is 16.1. The molecule has 0 atom stereocenters. The number of aromatic nitrogens is 1. The predicted molar refractivity (Wildman–Crippen MR) is 128 cm³/mol.